The summed E-state index contributed by atoms with van der Waals surface area (Å²) in [4.78, 5) is 5.85. The molecule has 3 nitrogen and oxygen atoms in total. The quantitative estimate of drug-likeness (QED) is 0.365. The maximum atomic E-state index is 9.95. The van der Waals surface area contributed by atoms with E-state index in [0.29, 0.717) is 16.5 Å². The summed E-state index contributed by atoms with van der Waals surface area (Å²) in [5.41, 5.74) is 5.19. The van der Waals surface area contributed by atoms with Gasteiger partial charge in [-0.05, 0) is 46.2 Å². The van der Waals surface area contributed by atoms with Gasteiger partial charge in [0.1, 0.15) is 11.6 Å². The average molecular weight is 415 g/mol. The van der Waals surface area contributed by atoms with Gasteiger partial charge in [0.15, 0.2) is 0 Å². The first-order valence-electron chi connectivity index (χ1n) is 9.12. The minimum atomic E-state index is 0.340. The molecule has 0 saturated carbocycles. The first kappa shape index (κ1) is 18.1. The number of pyridine rings is 1. The number of ether oxygens (including phenoxy) is 1. The van der Waals surface area contributed by atoms with Crippen LogP contribution in [0.2, 0.25) is 5.02 Å². The normalized spacial score (nSPS) is 12.2. The fourth-order valence-corrected chi connectivity index (χ4v) is 5.07. The molecule has 0 fully saturated rings. The Morgan fingerprint density at radius 3 is 2.69 bits per heavy atom. The van der Waals surface area contributed by atoms with Crippen molar-refractivity contribution in [3.05, 3.63) is 76.8 Å². The minimum absolute atomic E-state index is 0.340. The molecule has 5 heteroatoms. The van der Waals surface area contributed by atoms with E-state index in [4.69, 9.17) is 21.3 Å². The number of methoxy groups -OCH3 is 1. The summed E-state index contributed by atoms with van der Waals surface area (Å²) >= 11 is 8.01. The van der Waals surface area contributed by atoms with Crippen molar-refractivity contribution in [2.24, 2.45) is 0 Å². The van der Waals surface area contributed by atoms with Crippen LogP contribution in [0.1, 0.15) is 11.1 Å². The lowest BCUT2D eigenvalue weighted by atomic mass is 9.91. The molecule has 0 bridgehead atoms. The molecule has 0 amide bonds. The number of rotatable bonds is 2. The van der Waals surface area contributed by atoms with E-state index >= 15 is 0 Å². The van der Waals surface area contributed by atoms with Gasteiger partial charge in [-0.3, -0.25) is 0 Å². The topological polar surface area (TPSA) is 45.9 Å². The highest BCUT2D eigenvalue weighted by atomic mass is 35.5. The predicted molar refractivity (Wildman–Crippen MR) is 118 cm³/mol. The fraction of sp³-hybridized carbons (Fsp3) is 0.0833. The number of aromatic nitrogens is 1. The number of hydrogen-bond donors (Lipinski definition) is 0. The molecule has 29 heavy (non-hydrogen) atoms. The van der Waals surface area contributed by atoms with Crippen LogP contribution in [0, 0.1) is 11.3 Å². The predicted octanol–water partition coefficient (Wildman–Crippen LogP) is 6.71. The van der Waals surface area contributed by atoms with E-state index in [-0.39, 0.29) is 0 Å². The molecule has 2 heterocycles. The molecular weight excluding hydrogens is 400 g/mol. The summed E-state index contributed by atoms with van der Waals surface area (Å²) < 4.78 is 5.52. The smallest absolute Gasteiger partial charge is 0.232 e. The van der Waals surface area contributed by atoms with E-state index in [0.717, 1.165) is 49.4 Å². The molecule has 0 radical (unpaired) electrons. The van der Waals surface area contributed by atoms with Crippen LogP contribution in [-0.2, 0) is 5.75 Å². The Labute approximate surface area is 177 Å². The third kappa shape index (κ3) is 2.95. The van der Waals surface area contributed by atoms with Crippen LogP contribution in [0.25, 0.3) is 33.2 Å². The fourth-order valence-electron chi connectivity index (χ4n) is 3.84. The first-order chi connectivity index (χ1) is 14.2. The number of thioether (sulfide) groups is 1. The summed E-state index contributed by atoms with van der Waals surface area (Å²) in [7, 11) is 1.55. The lowest BCUT2D eigenvalue weighted by Gasteiger charge is -2.23. The van der Waals surface area contributed by atoms with E-state index in [1.165, 1.54) is 0 Å². The van der Waals surface area contributed by atoms with Crippen molar-refractivity contribution >= 4 is 34.1 Å². The monoisotopic (exact) mass is 414 g/mol. The number of nitriles is 1. The zero-order chi connectivity index (χ0) is 20.0. The first-order valence-corrected chi connectivity index (χ1v) is 10.5. The Morgan fingerprint density at radius 2 is 1.90 bits per heavy atom. The molecule has 0 atom stereocenters. The van der Waals surface area contributed by atoms with Crippen molar-refractivity contribution < 1.29 is 4.74 Å². The largest absolute Gasteiger partial charge is 0.480 e. The maximum absolute atomic E-state index is 9.95. The summed E-state index contributed by atoms with van der Waals surface area (Å²) in [5, 5.41) is 12.9. The lowest BCUT2D eigenvalue weighted by Crippen LogP contribution is -2.06. The van der Waals surface area contributed by atoms with Crippen LogP contribution < -0.4 is 4.74 Å². The Kier molecular flexibility index (Phi) is 4.43. The number of halogens is 1. The SMILES string of the molecule is COc1nc2c(c(-c3ccc4ccccc4c3)c1C#N)CSc1ccc(Cl)cc1-2. The van der Waals surface area contributed by atoms with Crippen molar-refractivity contribution in [1.29, 1.82) is 5.26 Å². The highest BCUT2D eigenvalue weighted by Gasteiger charge is 2.27. The highest BCUT2D eigenvalue weighted by Crippen LogP contribution is 2.47. The second-order valence-electron chi connectivity index (χ2n) is 6.80. The third-order valence-electron chi connectivity index (χ3n) is 5.18. The second-order valence-corrected chi connectivity index (χ2v) is 8.25. The molecule has 0 N–H and O–H groups in total. The van der Waals surface area contributed by atoms with Crippen LogP contribution in [-0.4, -0.2) is 12.1 Å². The minimum Gasteiger partial charge on any atom is -0.480 e. The van der Waals surface area contributed by atoms with Gasteiger partial charge in [-0.2, -0.15) is 5.26 Å². The van der Waals surface area contributed by atoms with Crippen molar-refractivity contribution in [2.45, 2.75) is 10.6 Å². The van der Waals surface area contributed by atoms with Crippen LogP contribution in [0.5, 0.6) is 5.88 Å². The third-order valence-corrected chi connectivity index (χ3v) is 6.51. The zero-order valence-corrected chi connectivity index (χ0v) is 17.1. The van der Waals surface area contributed by atoms with Crippen LogP contribution in [0.3, 0.4) is 0 Å². The van der Waals surface area contributed by atoms with Gasteiger partial charge in [0, 0.05) is 26.8 Å². The van der Waals surface area contributed by atoms with Crippen molar-refractivity contribution in [2.75, 3.05) is 7.11 Å². The van der Waals surface area contributed by atoms with Crippen molar-refractivity contribution in [3.8, 4) is 34.3 Å². The van der Waals surface area contributed by atoms with Gasteiger partial charge in [-0.1, -0.05) is 48.0 Å². The van der Waals surface area contributed by atoms with E-state index in [2.05, 4.69) is 36.4 Å². The molecule has 0 aliphatic carbocycles. The molecule has 1 aliphatic rings. The molecule has 0 unspecified atom stereocenters. The zero-order valence-electron chi connectivity index (χ0n) is 15.6. The number of nitrogens with zero attached hydrogens (tertiary/aromatic N) is 2. The van der Waals surface area contributed by atoms with Gasteiger partial charge in [0.05, 0.1) is 12.8 Å². The van der Waals surface area contributed by atoms with E-state index < -0.39 is 0 Å². The molecule has 4 aromatic rings. The molecule has 140 valence electrons. The Morgan fingerprint density at radius 1 is 1.07 bits per heavy atom. The van der Waals surface area contributed by atoms with Gasteiger partial charge in [0.2, 0.25) is 5.88 Å². The number of benzene rings is 3. The van der Waals surface area contributed by atoms with Crippen LogP contribution in [0.15, 0.2) is 65.6 Å². The van der Waals surface area contributed by atoms with Crippen molar-refractivity contribution in [3.63, 3.8) is 0 Å². The van der Waals surface area contributed by atoms with Gasteiger partial charge in [-0.15, -0.1) is 11.8 Å². The number of hydrogen-bond acceptors (Lipinski definition) is 4. The highest BCUT2D eigenvalue weighted by molar-refractivity contribution is 7.98. The van der Waals surface area contributed by atoms with Crippen molar-refractivity contribution in [1.82, 2.24) is 4.98 Å². The standard InChI is InChI=1S/C24H15ClN2OS/c1-28-24-19(12-26)22(16-7-6-14-4-2-3-5-15(14)10-16)20-13-29-21-9-8-17(25)11-18(21)23(20)27-24/h2-11H,13H2,1H3. The van der Waals surface area contributed by atoms with Gasteiger partial charge < -0.3 is 4.74 Å². The molecule has 1 aliphatic heterocycles. The average Bonchev–Trinajstić information content (AvgIpc) is 2.77. The molecule has 0 saturated heterocycles. The molecular formula is C24H15ClN2OS. The van der Waals surface area contributed by atoms with E-state index in [1.54, 1.807) is 18.9 Å². The summed E-state index contributed by atoms with van der Waals surface area (Å²) in [6, 6.07) is 22.7. The Bertz CT molecular complexity index is 1330. The molecule has 3 aromatic carbocycles. The maximum Gasteiger partial charge on any atom is 0.232 e. The van der Waals surface area contributed by atoms with Crippen LogP contribution in [0.4, 0.5) is 0 Å². The second kappa shape index (κ2) is 7.11. The van der Waals surface area contributed by atoms with Crippen LogP contribution >= 0.6 is 23.4 Å². The number of fused-ring (bicyclic) bond motifs is 4. The molecule has 5 rings (SSSR count). The molecule has 0 spiro atoms. The summed E-state index contributed by atoms with van der Waals surface area (Å²) in [5.74, 6) is 1.07. The Balaban J connectivity index is 1.85. The summed E-state index contributed by atoms with van der Waals surface area (Å²) in [6.45, 7) is 0. The lowest BCUT2D eigenvalue weighted by molar-refractivity contribution is 0.397. The van der Waals surface area contributed by atoms with Gasteiger partial charge in [0.25, 0.3) is 0 Å². The van der Waals surface area contributed by atoms with Gasteiger partial charge >= 0.3 is 0 Å². The van der Waals surface area contributed by atoms with E-state index in [9.17, 15) is 5.26 Å². The summed E-state index contributed by atoms with van der Waals surface area (Å²) in [6.07, 6.45) is 0. The molecule has 1 aromatic heterocycles. The Hall–Kier alpha value is -3.00. The van der Waals surface area contributed by atoms with E-state index in [1.807, 2.05) is 30.3 Å². The van der Waals surface area contributed by atoms with Gasteiger partial charge in [-0.25, -0.2) is 4.98 Å².